The molecule has 3 rings (SSSR count). The smallest absolute Gasteiger partial charge is 0.266 e. The largest absolute Gasteiger partial charge is 0.507 e. The van der Waals surface area contributed by atoms with Crippen LogP contribution in [0.25, 0.3) is 6.08 Å². The number of benzene rings is 2. The highest BCUT2D eigenvalue weighted by atomic mass is 32.2. The standard InChI is InChI=1S/C18H15NO3S2/c1-22-14-7-8-15(20)13(9-14)10-16-17(21)19(18(23)24-16)11-12-5-3-2-4-6-12/h2-10,20H,11H2,1H3/b16-10-. The van der Waals surface area contributed by atoms with E-state index >= 15 is 0 Å². The first-order valence-corrected chi connectivity index (χ1v) is 8.47. The molecule has 6 heteroatoms. The molecule has 0 atom stereocenters. The lowest BCUT2D eigenvalue weighted by Gasteiger charge is -2.14. The number of aromatic hydroxyl groups is 1. The first kappa shape index (κ1) is 16.5. The summed E-state index contributed by atoms with van der Waals surface area (Å²) in [5, 5.41) is 9.98. The van der Waals surface area contributed by atoms with Crippen molar-refractivity contribution in [2.75, 3.05) is 7.11 Å². The first-order chi connectivity index (χ1) is 11.6. The van der Waals surface area contributed by atoms with Crippen LogP contribution < -0.4 is 4.74 Å². The summed E-state index contributed by atoms with van der Waals surface area (Å²) in [6.07, 6.45) is 1.64. The zero-order chi connectivity index (χ0) is 17.1. The molecule has 4 nitrogen and oxygen atoms in total. The molecule has 1 fully saturated rings. The number of phenols is 1. The van der Waals surface area contributed by atoms with Crippen molar-refractivity contribution in [1.82, 2.24) is 4.90 Å². The fourth-order valence-corrected chi connectivity index (χ4v) is 3.56. The van der Waals surface area contributed by atoms with Gasteiger partial charge in [0.15, 0.2) is 0 Å². The third-order valence-corrected chi connectivity index (χ3v) is 4.96. The molecule has 0 aromatic heterocycles. The topological polar surface area (TPSA) is 49.8 Å². The zero-order valence-electron chi connectivity index (χ0n) is 12.9. The SMILES string of the molecule is COc1ccc(O)c(/C=C2\SC(=S)N(Cc3ccccc3)C2=O)c1. The fourth-order valence-electron chi connectivity index (χ4n) is 2.32. The van der Waals surface area contributed by atoms with Crippen LogP contribution in [0.3, 0.4) is 0 Å². The Morgan fingerprint density at radius 3 is 2.71 bits per heavy atom. The van der Waals surface area contributed by atoms with Crippen LogP contribution in [0.2, 0.25) is 0 Å². The fraction of sp³-hybridized carbons (Fsp3) is 0.111. The van der Waals surface area contributed by atoms with Crippen LogP contribution in [0.5, 0.6) is 11.5 Å². The summed E-state index contributed by atoms with van der Waals surface area (Å²) in [6, 6.07) is 14.6. The maximum absolute atomic E-state index is 12.6. The molecule has 0 bridgehead atoms. The number of rotatable bonds is 4. The van der Waals surface area contributed by atoms with Crippen molar-refractivity contribution in [3.8, 4) is 11.5 Å². The molecule has 1 N–H and O–H groups in total. The van der Waals surface area contributed by atoms with E-state index in [0.29, 0.717) is 27.1 Å². The number of phenolic OH excluding ortho intramolecular Hbond substituents is 1. The number of carbonyl (C=O) groups is 1. The molecule has 1 aliphatic heterocycles. The molecule has 1 saturated heterocycles. The van der Waals surface area contributed by atoms with Gasteiger partial charge < -0.3 is 9.84 Å². The van der Waals surface area contributed by atoms with Gasteiger partial charge in [-0.05, 0) is 29.8 Å². The molecular weight excluding hydrogens is 342 g/mol. The van der Waals surface area contributed by atoms with Gasteiger partial charge in [-0.15, -0.1) is 0 Å². The van der Waals surface area contributed by atoms with Gasteiger partial charge in [0.25, 0.3) is 5.91 Å². The van der Waals surface area contributed by atoms with Gasteiger partial charge in [0.1, 0.15) is 15.8 Å². The molecule has 0 aliphatic carbocycles. The Bertz CT molecular complexity index is 818. The average Bonchev–Trinajstić information content (AvgIpc) is 2.85. The van der Waals surface area contributed by atoms with E-state index in [1.807, 2.05) is 30.3 Å². The Morgan fingerprint density at radius 2 is 2.00 bits per heavy atom. The van der Waals surface area contributed by atoms with E-state index in [9.17, 15) is 9.90 Å². The van der Waals surface area contributed by atoms with Crippen molar-refractivity contribution < 1.29 is 14.6 Å². The minimum Gasteiger partial charge on any atom is -0.507 e. The Labute approximate surface area is 149 Å². The number of hydrogen-bond acceptors (Lipinski definition) is 5. The third kappa shape index (κ3) is 3.44. The predicted molar refractivity (Wildman–Crippen MR) is 99.8 cm³/mol. The first-order valence-electron chi connectivity index (χ1n) is 7.25. The van der Waals surface area contributed by atoms with Crippen molar-refractivity contribution in [3.63, 3.8) is 0 Å². The highest BCUT2D eigenvalue weighted by Gasteiger charge is 2.32. The zero-order valence-corrected chi connectivity index (χ0v) is 14.6. The summed E-state index contributed by atoms with van der Waals surface area (Å²) in [7, 11) is 1.55. The van der Waals surface area contributed by atoms with Crippen LogP contribution in [0.4, 0.5) is 0 Å². The van der Waals surface area contributed by atoms with Crippen molar-refractivity contribution in [2.24, 2.45) is 0 Å². The van der Waals surface area contributed by atoms with E-state index in [0.717, 1.165) is 5.56 Å². The van der Waals surface area contributed by atoms with E-state index < -0.39 is 0 Å². The molecule has 0 radical (unpaired) electrons. The molecule has 0 spiro atoms. The third-order valence-electron chi connectivity index (χ3n) is 3.58. The summed E-state index contributed by atoms with van der Waals surface area (Å²) < 4.78 is 5.67. The molecule has 1 amide bonds. The second-order valence-corrected chi connectivity index (χ2v) is 6.85. The summed E-state index contributed by atoms with van der Waals surface area (Å²) in [5.41, 5.74) is 1.54. The number of methoxy groups -OCH3 is 1. The molecule has 1 aliphatic rings. The lowest BCUT2D eigenvalue weighted by Crippen LogP contribution is -2.27. The quantitative estimate of drug-likeness (QED) is 0.666. The second kappa shape index (κ2) is 7.07. The molecule has 2 aromatic carbocycles. The van der Waals surface area contributed by atoms with Gasteiger partial charge in [-0.25, -0.2) is 0 Å². The number of ether oxygens (including phenoxy) is 1. The summed E-state index contributed by atoms with van der Waals surface area (Å²) in [4.78, 5) is 14.7. The number of carbonyl (C=O) groups excluding carboxylic acids is 1. The second-order valence-electron chi connectivity index (χ2n) is 5.18. The van der Waals surface area contributed by atoms with Crippen LogP contribution in [0.1, 0.15) is 11.1 Å². The summed E-state index contributed by atoms with van der Waals surface area (Å²) >= 11 is 6.57. The van der Waals surface area contributed by atoms with E-state index in [1.54, 1.807) is 30.2 Å². The monoisotopic (exact) mass is 357 g/mol. The van der Waals surface area contributed by atoms with Gasteiger partial charge in [0.05, 0.1) is 18.6 Å². The maximum Gasteiger partial charge on any atom is 0.266 e. The van der Waals surface area contributed by atoms with Crippen LogP contribution in [0, 0.1) is 0 Å². The summed E-state index contributed by atoms with van der Waals surface area (Å²) in [5.74, 6) is 0.541. The highest BCUT2D eigenvalue weighted by Crippen LogP contribution is 2.35. The number of amides is 1. The molecule has 0 unspecified atom stereocenters. The minimum absolute atomic E-state index is 0.0872. The molecule has 0 saturated carbocycles. The summed E-state index contributed by atoms with van der Waals surface area (Å²) in [6.45, 7) is 0.437. The number of nitrogens with zero attached hydrogens (tertiary/aromatic N) is 1. The highest BCUT2D eigenvalue weighted by molar-refractivity contribution is 8.26. The van der Waals surface area contributed by atoms with Crippen LogP contribution in [0.15, 0.2) is 53.4 Å². The Hall–Kier alpha value is -2.31. The van der Waals surface area contributed by atoms with E-state index in [4.69, 9.17) is 17.0 Å². The van der Waals surface area contributed by atoms with Crippen LogP contribution in [-0.4, -0.2) is 27.3 Å². The van der Waals surface area contributed by atoms with Gasteiger partial charge in [-0.2, -0.15) is 0 Å². The number of thioether (sulfide) groups is 1. The van der Waals surface area contributed by atoms with Crippen LogP contribution >= 0.6 is 24.0 Å². The minimum atomic E-state index is -0.156. The van der Waals surface area contributed by atoms with Crippen molar-refractivity contribution in [2.45, 2.75) is 6.54 Å². The molecule has 2 aromatic rings. The van der Waals surface area contributed by atoms with E-state index in [1.165, 1.54) is 17.8 Å². The predicted octanol–water partition coefficient (Wildman–Crippen LogP) is 3.80. The molecular formula is C18H15NO3S2. The number of thiocarbonyl (C=S) groups is 1. The normalized spacial score (nSPS) is 16.0. The van der Waals surface area contributed by atoms with E-state index in [2.05, 4.69) is 0 Å². The van der Waals surface area contributed by atoms with Gasteiger partial charge >= 0.3 is 0 Å². The Morgan fingerprint density at radius 1 is 1.25 bits per heavy atom. The molecule has 24 heavy (non-hydrogen) atoms. The van der Waals surface area contributed by atoms with Crippen molar-refractivity contribution in [3.05, 3.63) is 64.6 Å². The van der Waals surface area contributed by atoms with Gasteiger partial charge in [0.2, 0.25) is 0 Å². The van der Waals surface area contributed by atoms with Gasteiger partial charge in [-0.3, -0.25) is 9.69 Å². The van der Waals surface area contributed by atoms with Crippen LogP contribution in [-0.2, 0) is 11.3 Å². The van der Waals surface area contributed by atoms with Gasteiger partial charge in [0, 0.05) is 5.56 Å². The number of hydrogen-bond donors (Lipinski definition) is 1. The van der Waals surface area contributed by atoms with Crippen molar-refractivity contribution >= 4 is 40.3 Å². The molecule has 1 heterocycles. The van der Waals surface area contributed by atoms with Gasteiger partial charge in [-0.1, -0.05) is 54.3 Å². The lowest BCUT2D eigenvalue weighted by molar-refractivity contribution is -0.122. The Balaban J connectivity index is 1.86. The van der Waals surface area contributed by atoms with E-state index in [-0.39, 0.29) is 11.7 Å². The molecule has 122 valence electrons. The van der Waals surface area contributed by atoms with Crippen molar-refractivity contribution in [1.29, 1.82) is 0 Å². The maximum atomic E-state index is 12.6. The lowest BCUT2D eigenvalue weighted by atomic mass is 10.1. The average molecular weight is 357 g/mol. The Kier molecular flexibility index (Phi) is 4.87.